The van der Waals surface area contributed by atoms with Crippen LogP contribution in [0.1, 0.15) is 32.7 Å². The molecule has 2 heterocycles. The molecule has 0 aliphatic heterocycles. The molecule has 218 valence electrons. The molecule has 4 heteroatoms. The summed E-state index contributed by atoms with van der Waals surface area (Å²) in [6, 6.07) is 52.8. The Balaban J connectivity index is 1.27. The van der Waals surface area contributed by atoms with Crippen LogP contribution in [0.3, 0.4) is 0 Å². The topological polar surface area (TPSA) is 63.1 Å². The first kappa shape index (κ1) is 27.4. The Labute approximate surface area is 267 Å². The molecule has 1 aliphatic rings. The van der Waals surface area contributed by atoms with Gasteiger partial charge >= 0.3 is 5.97 Å². The van der Waals surface area contributed by atoms with Gasteiger partial charge in [-0.1, -0.05) is 121 Å². The maximum absolute atomic E-state index is 11.6. The number of benzene rings is 5. The highest BCUT2D eigenvalue weighted by Gasteiger charge is 2.45. The standard InChI is InChI=1S/C42H28N2O2/c45-41(46)40-27-31(23-25-44-40)29-17-21-34(22-18-29)42(37-12-3-1-10-35(37)36-11-2-4-13-38(36)42)33-19-15-28(16-20-33)30-8-7-9-32(26-30)39-14-5-6-24-43-39/h1-27H,(H,45,46). The molecule has 5 aromatic carbocycles. The highest BCUT2D eigenvalue weighted by Crippen LogP contribution is 2.56. The van der Waals surface area contributed by atoms with Crippen molar-refractivity contribution < 1.29 is 9.90 Å². The number of pyridine rings is 2. The third-order valence-corrected chi connectivity index (χ3v) is 9.06. The summed E-state index contributed by atoms with van der Waals surface area (Å²) in [5, 5.41) is 9.48. The monoisotopic (exact) mass is 592 g/mol. The first-order valence-electron chi connectivity index (χ1n) is 15.2. The van der Waals surface area contributed by atoms with Gasteiger partial charge in [-0.25, -0.2) is 9.78 Å². The molecule has 4 nitrogen and oxygen atoms in total. The number of aromatic nitrogens is 2. The Morgan fingerprint density at radius 2 is 1.04 bits per heavy atom. The zero-order chi connectivity index (χ0) is 31.1. The largest absolute Gasteiger partial charge is 0.477 e. The number of nitrogens with zero attached hydrogens (tertiary/aromatic N) is 2. The molecule has 7 aromatic rings. The van der Waals surface area contributed by atoms with Gasteiger partial charge in [0.15, 0.2) is 0 Å². The van der Waals surface area contributed by atoms with Crippen molar-refractivity contribution in [2.45, 2.75) is 5.41 Å². The lowest BCUT2D eigenvalue weighted by Gasteiger charge is -2.34. The van der Waals surface area contributed by atoms with E-state index in [9.17, 15) is 9.90 Å². The molecule has 0 amide bonds. The number of carboxylic acid groups (broad SMARTS) is 1. The maximum Gasteiger partial charge on any atom is 0.354 e. The van der Waals surface area contributed by atoms with Crippen LogP contribution in [0.15, 0.2) is 164 Å². The Morgan fingerprint density at radius 1 is 0.478 bits per heavy atom. The maximum atomic E-state index is 11.6. The quantitative estimate of drug-likeness (QED) is 0.209. The lowest BCUT2D eigenvalue weighted by molar-refractivity contribution is 0.0690. The second-order valence-electron chi connectivity index (χ2n) is 11.5. The van der Waals surface area contributed by atoms with Gasteiger partial charge in [-0.3, -0.25) is 4.98 Å². The number of aromatic carboxylic acids is 1. The average molecular weight is 593 g/mol. The van der Waals surface area contributed by atoms with Gasteiger partial charge in [0.2, 0.25) is 0 Å². The summed E-state index contributed by atoms with van der Waals surface area (Å²) in [5.41, 5.74) is 12.8. The second kappa shape index (κ2) is 11.1. The fourth-order valence-electron chi connectivity index (χ4n) is 6.97. The Morgan fingerprint density at radius 3 is 1.63 bits per heavy atom. The van der Waals surface area contributed by atoms with Crippen molar-refractivity contribution in [1.82, 2.24) is 9.97 Å². The molecule has 0 fully saturated rings. The van der Waals surface area contributed by atoms with Crippen molar-refractivity contribution in [1.29, 1.82) is 0 Å². The van der Waals surface area contributed by atoms with E-state index >= 15 is 0 Å². The number of fused-ring (bicyclic) bond motifs is 3. The number of hydrogen-bond donors (Lipinski definition) is 1. The first-order chi connectivity index (χ1) is 22.6. The third kappa shape index (κ3) is 4.42. The molecule has 0 spiro atoms. The van der Waals surface area contributed by atoms with Crippen LogP contribution in [0.5, 0.6) is 0 Å². The molecule has 1 N–H and O–H groups in total. The number of carboxylic acids is 1. The predicted molar refractivity (Wildman–Crippen MR) is 183 cm³/mol. The van der Waals surface area contributed by atoms with Crippen molar-refractivity contribution in [2.24, 2.45) is 0 Å². The van der Waals surface area contributed by atoms with Gasteiger partial charge in [0, 0.05) is 18.0 Å². The van der Waals surface area contributed by atoms with E-state index in [0.717, 1.165) is 39.1 Å². The summed E-state index contributed by atoms with van der Waals surface area (Å²) in [6.07, 6.45) is 3.37. The summed E-state index contributed by atoms with van der Waals surface area (Å²) in [6.45, 7) is 0. The van der Waals surface area contributed by atoms with Crippen molar-refractivity contribution in [3.8, 4) is 44.6 Å². The van der Waals surface area contributed by atoms with Gasteiger partial charge in [-0.2, -0.15) is 0 Å². The lowest BCUT2D eigenvalue weighted by atomic mass is 9.67. The Kier molecular flexibility index (Phi) is 6.62. The van der Waals surface area contributed by atoms with Crippen LogP contribution in [0.2, 0.25) is 0 Å². The predicted octanol–water partition coefficient (Wildman–Crippen LogP) is 9.54. The molecule has 8 rings (SSSR count). The zero-order valence-corrected chi connectivity index (χ0v) is 24.8. The number of carbonyl (C=O) groups is 1. The third-order valence-electron chi connectivity index (χ3n) is 9.06. The molecule has 0 bridgehead atoms. The van der Waals surface area contributed by atoms with Crippen molar-refractivity contribution in [2.75, 3.05) is 0 Å². The van der Waals surface area contributed by atoms with Crippen molar-refractivity contribution in [3.63, 3.8) is 0 Å². The summed E-state index contributed by atoms with van der Waals surface area (Å²) >= 11 is 0. The van der Waals surface area contributed by atoms with E-state index in [0.29, 0.717) is 0 Å². The molecule has 46 heavy (non-hydrogen) atoms. The molecular weight excluding hydrogens is 564 g/mol. The van der Waals surface area contributed by atoms with Gasteiger partial charge in [-0.05, 0) is 86.0 Å². The van der Waals surface area contributed by atoms with E-state index in [1.54, 1.807) is 12.3 Å². The molecule has 0 saturated carbocycles. The van der Waals surface area contributed by atoms with Gasteiger partial charge in [0.1, 0.15) is 5.69 Å². The highest BCUT2D eigenvalue weighted by atomic mass is 16.4. The first-order valence-corrected chi connectivity index (χ1v) is 15.2. The summed E-state index contributed by atoms with van der Waals surface area (Å²) in [7, 11) is 0. The number of hydrogen-bond acceptors (Lipinski definition) is 3. The van der Waals surface area contributed by atoms with Gasteiger partial charge < -0.3 is 5.11 Å². The van der Waals surface area contributed by atoms with E-state index in [4.69, 9.17) is 0 Å². The molecular formula is C42H28N2O2. The van der Waals surface area contributed by atoms with Crippen LogP contribution in [0.25, 0.3) is 44.6 Å². The Hall–Kier alpha value is -6.13. The second-order valence-corrected chi connectivity index (χ2v) is 11.5. The Bertz CT molecular complexity index is 2180. The summed E-state index contributed by atoms with van der Waals surface area (Å²) < 4.78 is 0. The lowest BCUT2D eigenvalue weighted by Crippen LogP contribution is -2.28. The van der Waals surface area contributed by atoms with Gasteiger partial charge in [0.05, 0.1) is 11.1 Å². The van der Waals surface area contributed by atoms with E-state index in [2.05, 4.69) is 131 Å². The SMILES string of the molecule is O=C(O)c1cc(-c2ccc(C3(c4ccc(-c5cccc(-c6ccccn6)c5)cc4)c4ccccc4-c4ccccc43)cc2)ccn1. The highest BCUT2D eigenvalue weighted by molar-refractivity contribution is 5.88. The summed E-state index contributed by atoms with van der Waals surface area (Å²) in [4.78, 5) is 20.1. The fourth-order valence-corrected chi connectivity index (χ4v) is 6.97. The van der Waals surface area contributed by atoms with Crippen LogP contribution < -0.4 is 0 Å². The minimum Gasteiger partial charge on any atom is -0.477 e. The fraction of sp³-hybridized carbons (Fsp3) is 0.0238. The van der Waals surface area contributed by atoms with Crippen molar-refractivity contribution >= 4 is 5.97 Å². The van der Waals surface area contributed by atoms with E-state index in [1.165, 1.54) is 27.8 Å². The van der Waals surface area contributed by atoms with E-state index < -0.39 is 11.4 Å². The summed E-state index contributed by atoms with van der Waals surface area (Å²) in [5.74, 6) is -1.04. The van der Waals surface area contributed by atoms with Crippen LogP contribution in [-0.4, -0.2) is 21.0 Å². The molecule has 1 aliphatic carbocycles. The van der Waals surface area contributed by atoms with Crippen molar-refractivity contribution in [3.05, 3.63) is 192 Å². The van der Waals surface area contributed by atoms with Crippen LogP contribution in [0.4, 0.5) is 0 Å². The molecule has 2 aromatic heterocycles. The molecule has 0 saturated heterocycles. The van der Waals surface area contributed by atoms with E-state index in [-0.39, 0.29) is 5.69 Å². The zero-order valence-electron chi connectivity index (χ0n) is 24.8. The molecule has 0 atom stereocenters. The average Bonchev–Trinajstić information content (AvgIpc) is 3.43. The van der Waals surface area contributed by atoms with Gasteiger partial charge in [-0.15, -0.1) is 0 Å². The minimum atomic E-state index is -1.04. The smallest absolute Gasteiger partial charge is 0.354 e. The van der Waals surface area contributed by atoms with Crippen LogP contribution >= 0.6 is 0 Å². The van der Waals surface area contributed by atoms with Crippen LogP contribution in [-0.2, 0) is 5.41 Å². The number of rotatable bonds is 6. The molecule has 0 unspecified atom stereocenters. The van der Waals surface area contributed by atoms with E-state index in [1.807, 2.05) is 30.5 Å². The molecule has 0 radical (unpaired) electrons. The van der Waals surface area contributed by atoms with Crippen LogP contribution in [0, 0.1) is 0 Å². The minimum absolute atomic E-state index is 0.0300. The van der Waals surface area contributed by atoms with Gasteiger partial charge in [0.25, 0.3) is 0 Å². The normalized spacial score (nSPS) is 12.7.